The van der Waals surface area contributed by atoms with Crippen molar-refractivity contribution in [1.82, 2.24) is 14.5 Å². The Bertz CT molecular complexity index is 492. The van der Waals surface area contributed by atoms with Gasteiger partial charge in [0.2, 0.25) is 0 Å². The topological polar surface area (TPSA) is 41.4 Å². The fourth-order valence-electron chi connectivity index (χ4n) is 2.57. The van der Waals surface area contributed by atoms with E-state index in [1.165, 1.54) is 0 Å². The van der Waals surface area contributed by atoms with Crippen LogP contribution in [0.1, 0.15) is 18.9 Å². The fraction of sp³-hybridized carbons (Fsp3) is 0.692. The molecule has 1 aromatic heterocycles. The van der Waals surface area contributed by atoms with Crippen molar-refractivity contribution in [2.24, 2.45) is 0 Å². The number of halogens is 1. The van der Waals surface area contributed by atoms with E-state index in [4.69, 9.17) is 0 Å². The lowest BCUT2D eigenvalue weighted by atomic mass is 10.3. The summed E-state index contributed by atoms with van der Waals surface area (Å²) in [4.78, 5) is 21.2. The Morgan fingerprint density at radius 3 is 2.63 bits per heavy atom. The molecule has 19 heavy (non-hydrogen) atoms. The largest absolute Gasteiger partial charge is 0.349 e. The molecule has 3 rings (SSSR count). The zero-order valence-electron chi connectivity index (χ0n) is 11.0. The summed E-state index contributed by atoms with van der Waals surface area (Å²) < 4.78 is 1.85. The van der Waals surface area contributed by atoms with Crippen molar-refractivity contribution in [3.8, 4) is 0 Å². The van der Waals surface area contributed by atoms with Crippen molar-refractivity contribution < 1.29 is 0 Å². The van der Waals surface area contributed by atoms with Crippen LogP contribution in [0.25, 0.3) is 0 Å². The van der Waals surface area contributed by atoms with Crippen LogP contribution in [0.15, 0.2) is 17.2 Å². The Balaban J connectivity index is 1.73. The standard InChI is InChI=1S/C13H19BrN4O/c14-3-5-16-7-9-17(10-8-16)12-13(19)18(6-4-15-12)11-1-2-11/h4,6,11H,1-3,5,7-10H2. The molecule has 0 unspecified atom stereocenters. The lowest BCUT2D eigenvalue weighted by molar-refractivity contribution is 0.273. The molecule has 1 saturated carbocycles. The Kier molecular flexibility index (Phi) is 3.88. The van der Waals surface area contributed by atoms with Gasteiger partial charge >= 0.3 is 0 Å². The Hall–Kier alpha value is -0.880. The van der Waals surface area contributed by atoms with Crippen molar-refractivity contribution in [3.63, 3.8) is 0 Å². The molecule has 6 heteroatoms. The fourth-order valence-corrected chi connectivity index (χ4v) is 3.08. The van der Waals surface area contributed by atoms with Crippen molar-refractivity contribution >= 4 is 21.7 Å². The smallest absolute Gasteiger partial charge is 0.293 e. The molecule has 5 nitrogen and oxygen atoms in total. The van der Waals surface area contributed by atoms with Crippen LogP contribution in [0.3, 0.4) is 0 Å². The minimum absolute atomic E-state index is 0.0824. The molecular formula is C13H19BrN4O. The van der Waals surface area contributed by atoms with Crippen LogP contribution >= 0.6 is 15.9 Å². The SMILES string of the molecule is O=c1c(N2CCN(CCBr)CC2)nccn1C1CC1. The van der Waals surface area contributed by atoms with Crippen LogP contribution in [0.4, 0.5) is 5.82 Å². The van der Waals surface area contributed by atoms with E-state index in [0.29, 0.717) is 11.9 Å². The summed E-state index contributed by atoms with van der Waals surface area (Å²) in [5.74, 6) is 0.632. The van der Waals surface area contributed by atoms with Gasteiger partial charge in [-0.15, -0.1) is 0 Å². The van der Waals surface area contributed by atoms with Gasteiger partial charge in [-0.2, -0.15) is 0 Å². The van der Waals surface area contributed by atoms with Crippen LogP contribution in [-0.2, 0) is 0 Å². The van der Waals surface area contributed by atoms with Gasteiger partial charge in [0.25, 0.3) is 5.56 Å². The lowest BCUT2D eigenvalue weighted by Gasteiger charge is -2.34. The highest BCUT2D eigenvalue weighted by Gasteiger charge is 2.27. The van der Waals surface area contributed by atoms with E-state index in [2.05, 4.69) is 30.7 Å². The normalized spacial score (nSPS) is 20.8. The quantitative estimate of drug-likeness (QED) is 0.777. The first-order chi connectivity index (χ1) is 9.29. The first kappa shape index (κ1) is 13.1. The van der Waals surface area contributed by atoms with Gasteiger partial charge < -0.3 is 9.47 Å². The predicted molar refractivity (Wildman–Crippen MR) is 79.2 cm³/mol. The molecule has 2 aliphatic rings. The van der Waals surface area contributed by atoms with Crippen molar-refractivity contribution in [3.05, 3.63) is 22.7 Å². The van der Waals surface area contributed by atoms with Crippen LogP contribution in [0, 0.1) is 0 Å². The maximum atomic E-state index is 12.4. The van der Waals surface area contributed by atoms with Gasteiger partial charge in [-0.3, -0.25) is 9.69 Å². The first-order valence-electron chi connectivity index (χ1n) is 6.90. The second-order valence-electron chi connectivity index (χ2n) is 5.21. The summed E-state index contributed by atoms with van der Waals surface area (Å²) >= 11 is 3.47. The third kappa shape index (κ3) is 2.84. The summed E-state index contributed by atoms with van der Waals surface area (Å²) in [5.41, 5.74) is 0.0824. The average Bonchev–Trinajstić information content (AvgIpc) is 3.25. The van der Waals surface area contributed by atoms with Gasteiger partial charge in [-0.1, -0.05) is 15.9 Å². The summed E-state index contributed by atoms with van der Waals surface area (Å²) in [6.07, 6.45) is 5.84. The Morgan fingerprint density at radius 2 is 2.00 bits per heavy atom. The maximum Gasteiger partial charge on any atom is 0.293 e. The first-order valence-corrected chi connectivity index (χ1v) is 8.02. The van der Waals surface area contributed by atoms with Crippen LogP contribution in [0.5, 0.6) is 0 Å². The number of piperazine rings is 1. The number of aromatic nitrogens is 2. The molecule has 1 aliphatic heterocycles. The molecule has 0 bridgehead atoms. The van der Waals surface area contributed by atoms with Gasteiger partial charge in [0.1, 0.15) is 0 Å². The van der Waals surface area contributed by atoms with Crippen LogP contribution in [-0.4, -0.2) is 52.5 Å². The molecule has 0 radical (unpaired) electrons. The van der Waals surface area contributed by atoms with Crippen LogP contribution < -0.4 is 10.5 Å². The summed E-state index contributed by atoms with van der Waals surface area (Å²) in [7, 11) is 0. The third-order valence-electron chi connectivity index (χ3n) is 3.86. The van der Waals surface area contributed by atoms with Gasteiger partial charge in [0.15, 0.2) is 5.82 Å². The second kappa shape index (κ2) is 5.63. The van der Waals surface area contributed by atoms with E-state index in [1.54, 1.807) is 6.20 Å². The lowest BCUT2D eigenvalue weighted by Crippen LogP contribution is -2.49. The molecule has 0 spiro atoms. The third-order valence-corrected chi connectivity index (χ3v) is 4.22. The Morgan fingerprint density at radius 1 is 1.26 bits per heavy atom. The van der Waals surface area contributed by atoms with Gasteiger partial charge in [-0.05, 0) is 12.8 Å². The summed E-state index contributed by atoms with van der Waals surface area (Å²) in [5, 5.41) is 1.01. The monoisotopic (exact) mass is 326 g/mol. The van der Waals surface area contributed by atoms with Crippen LogP contribution in [0.2, 0.25) is 0 Å². The number of rotatable bonds is 4. The minimum Gasteiger partial charge on any atom is -0.349 e. The number of hydrogen-bond acceptors (Lipinski definition) is 4. The van der Waals surface area contributed by atoms with Gasteiger partial charge in [0.05, 0.1) is 0 Å². The zero-order valence-corrected chi connectivity index (χ0v) is 12.5. The second-order valence-corrected chi connectivity index (χ2v) is 6.01. The van der Waals surface area contributed by atoms with E-state index in [9.17, 15) is 4.79 Å². The highest BCUT2D eigenvalue weighted by molar-refractivity contribution is 9.09. The average molecular weight is 327 g/mol. The van der Waals surface area contributed by atoms with Gasteiger partial charge in [-0.25, -0.2) is 4.98 Å². The van der Waals surface area contributed by atoms with E-state index < -0.39 is 0 Å². The van der Waals surface area contributed by atoms with Crippen molar-refractivity contribution in [2.45, 2.75) is 18.9 Å². The van der Waals surface area contributed by atoms with E-state index in [0.717, 1.165) is 50.9 Å². The molecule has 2 heterocycles. The number of alkyl halides is 1. The minimum atomic E-state index is 0.0824. The number of nitrogens with zero attached hydrogens (tertiary/aromatic N) is 4. The van der Waals surface area contributed by atoms with Crippen molar-refractivity contribution in [1.29, 1.82) is 0 Å². The molecule has 0 amide bonds. The van der Waals surface area contributed by atoms with E-state index in [1.807, 2.05) is 10.8 Å². The van der Waals surface area contributed by atoms with Gasteiger partial charge in [0, 0.05) is 56.5 Å². The van der Waals surface area contributed by atoms with E-state index >= 15 is 0 Å². The highest BCUT2D eigenvalue weighted by atomic mass is 79.9. The molecule has 2 fully saturated rings. The molecule has 1 aliphatic carbocycles. The zero-order chi connectivity index (χ0) is 13.2. The molecule has 104 valence electrons. The number of anilines is 1. The molecular weight excluding hydrogens is 308 g/mol. The molecule has 0 atom stereocenters. The molecule has 1 aromatic rings. The van der Waals surface area contributed by atoms with E-state index in [-0.39, 0.29) is 5.56 Å². The molecule has 0 N–H and O–H groups in total. The molecule has 1 saturated heterocycles. The molecule has 0 aromatic carbocycles. The summed E-state index contributed by atoms with van der Waals surface area (Å²) in [6.45, 7) is 4.87. The Labute approximate surface area is 121 Å². The van der Waals surface area contributed by atoms with Crippen molar-refractivity contribution in [2.75, 3.05) is 43.0 Å². The number of hydrogen-bond donors (Lipinski definition) is 0. The summed E-state index contributed by atoms with van der Waals surface area (Å²) in [6, 6.07) is 0.420. The maximum absolute atomic E-state index is 12.4. The highest BCUT2D eigenvalue weighted by Crippen LogP contribution is 2.33. The predicted octanol–water partition coefficient (Wildman–Crippen LogP) is 1.10.